The molecule has 1 atom stereocenters. The number of amides is 2. The molecule has 0 aromatic heterocycles. The fraction of sp³-hybridized carbons (Fsp3) is 0.429. The van der Waals surface area contributed by atoms with Gasteiger partial charge in [-0.2, -0.15) is 0 Å². The lowest BCUT2D eigenvalue weighted by atomic mass is 10.1. The number of halogens is 1. The van der Waals surface area contributed by atoms with E-state index in [1.165, 1.54) is 0 Å². The Hall–Kier alpha value is -1.44. The molecule has 114 valence electrons. The molecule has 6 nitrogen and oxygen atoms in total. The third-order valence-electron chi connectivity index (χ3n) is 3.73. The lowest BCUT2D eigenvalue weighted by Gasteiger charge is -2.23. The topological polar surface area (TPSA) is 87.5 Å². The molecule has 0 aliphatic carbocycles. The number of likely N-dealkylation sites (tertiary alicyclic amines) is 1. The first-order valence-electron chi connectivity index (χ1n) is 6.82. The maximum Gasteiger partial charge on any atom is 0.265 e. The summed E-state index contributed by atoms with van der Waals surface area (Å²) in [5.41, 5.74) is 3.65. The van der Waals surface area contributed by atoms with E-state index in [1.54, 1.807) is 19.2 Å². The standard InChI is InChI=1S/C14H19BrN4O2/c1-17-14(21)12-3-2-6-19(12)8-10-5-4-9(7-11(10)15)13(20)18-16/h4-5,7,12H,2-3,6,8,16H2,1H3,(H,17,21)(H,18,20). The summed E-state index contributed by atoms with van der Waals surface area (Å²) in [4.78, 5) is 25.5. The minimum Gasteiger partial charge on any atom is -0.358 e. The number of nitrogens with two attached hydrogens (primary N) is 1. The molecular weight excluding hydrogens is 336 g/mol. The van der Waals surface area contributed by atoms with Crippen molar-refractivity contribution >= 4 is 27.7 Å². The molecule has 2 amide bonds. The zero-order valence-electron chi connectivity index (χ0n) is 11.9. The highest BCUT2D eigenvalue weighted by Crippen LogP contribution is 2.25. The molecule has 0 bridgehead atoms. The van der Waals surface area contributed by atoms with E-state index in [4.69, 9.17) is 5.84 Å². The van der Waals surface area contributed by atoms with Gasteiger partial charge in [0.15, 0.2) is 0 Å². The summed E-state index contributed by atoms with van der Waals surface area (Å²) in [5.74, 6) is 4.85. The maximum atomic E-state index is 11.9. The number of nitrogens with zero attached hydrogens (tertiary/aromatic N) is 1. The lowest BCUT2D eigenvalue weighted by Crippen LogP contribution is -2.41. The Balaban J connectivity index is 2.12. The van der Waals surface area contributed by atoms with Gasteiger partial charge in [0.1, 0.15) is 0 Å². The summed E-state index contributed by atoms with van der Waals surface area (Å²) < 4.78 is 0.839. The van der Waals surface area contributed by atoms with Crippen LogP contribution >= 0.6 is 15.9 Å². The molecule has 1 heterocycles. The largest absolute Gasteiger partial charge is 0.358 e. The average molecular weight is 355 g/mol. The third kappa shape index (κ3) is 3.61. The minimum absolute atomic E-state index is 0.0581. The van der Waals surface area contributed by atoms with Gasteiger partial charge in [-0.1, -0.05) is 22.0 Å². The van der Waals surface area contributed by atoms with Crippen LogP contribution in [0.5, 0.6) is 0 Å². The highest BCUT2D eigenvalue weighted by Gasteiger charge is 2.30. The maximum absolute atomic E-state index is 11.9. The second kappa shape index (κ2) is 7.02. The summed E-state index contributed by atoms with van der Waals surface area (Å²) >= 11 is 3.48. The number of carbonyl (C=O) groups is 2. The van der Waals surface area contributed by atoms with Crippen LogP contribution in [0, 0.1) is 0 Å². The highest BCUT2D eigenvalue weighted by molar-refractivity contribution is 9.10. The fourth-order valence-corrected chi connectivity index (χ4v) is 3.10. The summed E-state index contributed by atoms with van der Waals surface area (Å²) in [7, 11) is 1.66. The van der Waals surface area contributed by atoms with Gasteiger partial charge in [0.25, 0.3) is 5.91 Å². The molecule has 7 heteroatoms. The molecule has 1 aliphatic heterocycles. The van der Waals surface area contributed by atoms with Crippen molar-refractivity contribution in [2.24, 2.45) is 5.84 Å². The first-order valence-corrected chi connectivity index (χ1v) is 7.61. The predicted octanol–water partition coefficient (Wildman–Crippen LogP) is 0.763. The van der Waals surface area contributed by atoms with Crippen molar-refractivity contribution in [2.75, 3.05) is 13.6 Å². The van der Waals surface area contributed by atoms with Crippen molar-refractivity contribution in [3.63, 3.8) is 0 Å². The zero-order valence-corrected chi connectivity index (χ0v) is 13.4. The molecule has 2 rings (SSSR count). The Morgan fingerprint density at radius 2 is 2.24 bits per heavy atom. The quantitative estimate of drug-likeness (QED) is 0.423. The Labute approximate surface area is 132 Å². The number of nitrogens with one attached hydrogen (secondary N) is 2. The van der Waals surface area contributed by atoms with Crippen LogP contribution in [0.3, 0.4) is 0 Å². The van der Waals surface area contributed by atoms with E-state index in [-0.39, 0.29) is 17.9 Å². The molecule has 1 saturated heterocycles. The first kappa shape index (κ1) is 15.9. The van der Waals surface area contributed by atoms with Gasteiger partial charge < -0.3 is 5.32 Å². The van der Waals surface area contributed by atoms with Crippen molar-refractivity contribution in [3.05, 3.63) is 33.8 Å². The van der Waals surface area contributed by atoms with E-state index in [0.717, 1.165) is 29.4 Å². The van der Waals surface area contributed by atoms with Crippen molar-refractivity contribution in [1.82, 2.24) is 15.6 Å². The van der Waals surface area contributed by atoms with Gasteiger partial charge >= 0.3 is 0 Å². The summed E-state index contributed by atoms with van der Waals surface area (Å²) in [5, 5.41) is 2.71. The number of benzene rings is 1. The van der Waals surface area contributed by atoms with Gasteiger partial charge in [-0.3, -0.25) is 19.9 Å². The minimum atomic E-state index is -0.327. The fourth-order valence-electron chi connectivity index (χ4n) is 2.60. The number of likely N-dealkylation sites (N-methyl/N-ethyl adjacent to an activating group) is 1. The van der Waals surface area contributed by atoms with Gasteiger partial charge in [-0.05, 0) is 37.1 Å². The van der Waals surface area contributed by atoms with Gasteiger partial charge in [-0.25, -0.2) is 5.84 Å². The molecule has 21 heavy (non-hydrogen) atoms. The van der Waals surface area contributed by atoms with Crippen LogP contribution < -0.4 is 16.6 Å². The van der Waals surface area contributed by atoms with E-state index in [0.29, 0.717) is 12.1 Å². The summed E-state index contributed by atoms with van der Waals surface area (Å²) in [6, 6.07) is 5.28. The van der Waals surface area contributed by atoms with Gasteiger partial charge in [0.05, 0.1) is 6.04 Å². The smallest absolute Gasteiger partial charge is 0.265 e. The first-order chi connectivity index (χ1) is 10.1. The van der Waals surface area contributed by atoms with Crippen molar-refractivity contribution in [2.45, 2.75) is 25.4 Å². The Bertz CT molecular complexity index is 550. The summed E-state index contributed by atoms with van der Waals surface area (Å²) in [6.45, 7) is 1.57. The van der Waals surface area contributed by atoms with Crippen LogP contribution in [0.4, 0.5) is 0 Å². The van der Waals surface area contributed by atoms with Gasteiger partial charge in [0, 0.05) is 23.6 Å². The number of carbonyl (C=O) groups excluding carboxylic acids is 2. The summed E-state index contributed by atoms with van der Waals surface area (Å²) in [6.07, 6.45) is 1.90. The van der Waals surface area contributed by atoms with Crippen LogP contribution in [0.2, 0.25) is 0 Å². The molecular formula is C14H19BrN4O2. The normalized spacial score (nSPS) is 18.5. The molecule has 4 N–H and O–H groups in total. The van der Waals surface area contributed by atoms with E-state index >= 15 is 0 Å². The number of nitrogen functional groups attached to an aromatic ring is 1. The Kier molecular flexibility index (Phi) is 5.33. The second-order valence-electron chi connectivity index (χ2n) is 5.02. The van der Waals surface area contributed by atoms with E-state index in [2.05, 4.69) is 31.6 Å². The molecule has 0 radical (unpaired) electrons. The van der Waals surface area contributed by atoms with Gasteiger partial charge in [-0.15, -0.1) is 0 Å². The predicted molar refractivity (Wildman–Crippen MR) is 83.3 cm³/mol. The van der Waals surface area contributed by atoms with E-state index in [1.807, 2.05) is 6.07 Å². The highest BCUT2D eigenvalue weighted by atomic mass is 79.9. The number of hydrogen-bond acceptors (Lipinski definition) is 4. The molecule has 0 saturated carbocycles. The average Bonchev–Trinajstić information content (AvgIpc) is 2.95. The van der Waals surface area contributed by atoms with Crippen molar-refractivity contribution in [3.8, 4) is 0 Å². The SMILES string of the molecule is CNC(=O)C1CCCN1Cc1ccc(C(=O)NN)cc1Br. The van der Waals surface area contributed by atoms with E-state index in [9.17, 15) is 9.59 Å². The van der Waals surface area contributed by atoms with Crippen LogP contribution in [-0.4, -0.2) is 36.3 Å². The number of hydrazine groups is 1. The number of rotatable bonds is 4. The third-order valence-corrected chi connectivity index (χ3v) is 4.47. The van der Waals surface area contributed by atoms with Crippen LogP contribution in [0.1, 0.15) is 28.8 Å². The van der Waals surface area contributed by atoms with E-state index < -0.39 is 0 Å². The molecule has 0 spiro atoms. The van der Waals surface area contributed by atoms with Crippen LogP contribution in [0.25, 0.3) is 0 Å². The van der Waals surface area contributed by atoms with Crippen molar-refractivity contribution < 1.29 is 9.59 Å². The molecule has 1 aliphatic rings. The van der Waals surface area contributed by atoms with Crippen LogP contribution in [-0.2, 0) is 11.3 Å². The van der Waals surface area contributed by atoms with Gasteiger partial charge in [0.2, 0.25) is 5.91 Å². The zero-order chi connectivity index (χ0) is 15.4. The van der Waals surface area contributed by atoms with Crippen molar-refractivity contribution in [1.29, 1.82) is 0 Å². The molecule has 1 aromatic rings. The second-order valence-corrected chi connectivity index (χ2v) is 5.88. The number of hydrogen-bond donors (Lipinski definition) is 3. The molecule has 1 unspecified atom stereocenters. The molecule has 1 aromatic carbocycles. The monoisotopic (exact) mass is 354 g/mol. The Morgan fingerprint density at radius 1 is 1.48 bits per heavy atom. The lowest BCUT2D eigenvalue weighted by molar-refractivity contribution is -0.125. The molecule has 1 fully saturated rings. The van der Waals surface area contributed by atoms with Crippen LogP contribution in [0.15, 0.2) is 22.7 Å². The Morgan fingerprint density at radius 3 is 2.86 bits per heavy atom.